The molecule has 6 heteroatoms. The Balaban J connectivity index is 2.02. The number of carbonyl (C=O) groups excluding carboxylic acids is 1. The number of aromatic nitrogens is 3. The normalized spacial score (nSPS) is 13.6. The maximum atomic E-state index is 12.5. The molecule has 1 aromatic heterocycles. The molecule has 2 N–H and O–H groups in total. The predicted molar refractivity (Wildman–Crippen MR) is 92.9 cm³/mol. The van der Waals surface area contributed by atoms with Gasteiger partial charge in [0.15, 0.2) is 5.82 Å². The molecule has 0 saturated carbocycles. The molecule has 0 aliphatic heterocycles. The van der Waals surface area contributed by atoms with E-state index in [4.69, 9.17) is 4.74 Å². The van der Waals surface area contributed by atoms with Crippen molar-refractivity contribution in [2.24, 2.45) is 5.92 Å². The van der Waals surface area contributed by atoms with Crippen LogP contribution in [-0.2, 0) is 4.79 Å². The highest BCUT2D eigenvalue weighted by atomic mass is 16.5. The molecule has 0 spiro atoms. The third-order valence-corrected chi connectivity index (χ3v) is 4.03. The first-order valence-electron chi connectivity index (χ1n) is 8.23. The molecule has 0 unspecified atom stereocenters. The van der Waals surface area contributed by atoms with Gasteiger partial charge in [-0.3, -0.25) is 9.89 Å². The summed E-state index contributed by atoms with van der Waals surface area (Å²) in [6.07, 6.45) is 0.403. The molecule has 0 aliphatic rings. The zero-order valence-corrected chi connectivity index (χ0v) is 15.0. The van der Waals surface area contributed by atoms with E-state index in [9.17, 15) is 4.79 Å². The highest BCUT2D eigenvalue weighted by Crippen LogP contribution is 2.24. The molecule has 6 nitrogen and oxygen atoms in total. The maximum Gasteiger partial charge on any atom is 0.221 e. The number of hydrogen-bond donors (Lipinski definition) is 2. The van der Waals surface area contributed by atoms with Crippen LogP contribution < -0.4 is 10.1 Å². The Morgan fingerprint density at radius 3 is 2.67 bits per heavy atom. The Morgan fingerprint density at radius 1 is 1.33 bits per heavy atom. The van der Waals surface area contributed by atoms with Crippen molar-refractivity contribution in [3.8, 4) is 5.75 Å². The first-order valence-corrected chi connectivity index (χ1v) is 8.23. The Kier molecular flexibility index (Phi) is 5.95. The van der Waals surface area contributed by atoms with E-state index in [1.807, 2.05) is 52.0 Å². The number of aromatic amines is 1. The molecule has 0 saturated heterocycles. The summed E-state index contributed by atoms with van der Waals surface area (Å²) in [5.41, 5.74) is 1.08. The molecule has 1 amide bonds. The number of hydrogen-bond acceptors (Lipinski definition) is 4. The molecule has 2 rings (SSSR count). The molecule has 0 fully saturated rings. The van der Waals surface area contributed by atoms with Crippen LogP contribution in [0.25, 0.3) is 0 Å². The minimum absolute atomic E-state index is 0.00790. The average molecular weight is 330 g/mol. The summed E-state index contributed by atoms with van der Waals surface area (Å²) in [7, 11) is 1.64. The molecule has 2 atom stereocenters. The Hall–Kier alpha value is -2.37. The Morgan fingerprint density at radius 2 is 2.08 bits per heavy atom. The van der Waals surface area contributed by atoms with E-state index in [1.165, 1.54) is 0 Å². The van der Waals surface area contributed by atoms with Gasteiger partial charge in [0.05, 0.1) is 13.2 Å². The minimum Gasteiger partial charge on any atom is -0.497 e. The zero-order chi connectivity index (χ0) is 17.7. The molecular weight excluding hydrogens is 304 g/mol. The first-order chi connectivity index (χ1) is 11.4. The molecular formula is C18H26N4O2. The van der Waals surface area contributed by atoms with Crippen molar-refractivity contribution in [1.29, 1.82) is 0 Å². The fraction of sp³-hybridized carbons (Fsp3) is 0.500. The van der Waals surface area contributed by atoms with E-state index in [-0.39, 0.29) is 23.8 Å². The third kappa shape index (κ3) is 4.57. The topological polar surface area (TPSA) is 79.9 Å². The van der Waals surface area contributed by atoms with Crippen LogP contribution in [0, 0.1) is 12.8 Å². The van der Waals surface area contributed by atoms with E-state index in [0.29, 0.717) is 12.2 Å². The second-order valence-electron chi connectivity index (χ2n) is 6.45. The molecule has 1 aromatic carbocycles. The standard InChI is InChI=1S/C18H26N4O2/c1-11(2)17(18-19-13(4)21-22-18)20-16(23)9-12(3)14-7-6-8-15(10-14)24-5/h6-8,10-12,17H,9H2,1-5H3,(H,20,23)(H,19,21,22)/t12-,17+/m0/s1. The van der Waals surface area contributed by atoms with Crippen molar-refractivity contribution in [1.82, 2.24) is 20.5 Å². The van der Waals surface area contributed by atoms with Crippen LogP contribution in [0.5, 0.6) is 5.75 Å². The minimum atomic E-state index is -0.194. The lowest BCUT2D eigenvalue weighted by molar-refractivity contribution is -0.122. The molecule has 0 radical (unpaired) electrons. The smallest absolute Gasteiger partial charge is 0.221 e. The van der Waals surface area contributed by atoms with Gasteiger partial charge >= 0.3 is 0 Å². The fourth-order valence-electron chi connectivity index (χ4n) is 2.60. The SMILES string of the molecule is COc1cccc([C@@H](C)CC(=O)N[C@@H](c2n[nH]c(C)n2)C(C)C)c1. The van der Waals surface area contributed by atoms with Crippen LogP contribution in [-0.4, -0.2) is 28.2 Å². The number of amides is 1. The zero-order valence-electron chi connectivity index (χ0n) is 15.0. The van der Waals surface area contributed by atoms with Gasteiger partial charge in [-0.25, -0.2) is 4.98 Å². The van der Waals surface area contributed by atoms with Crippen molar-refractivity contribution >= 4 is 5.91 Å². The number of benzene rings is 1. The van der Waals surface area contributed by atoms with Crippen LogP contribution >= 0.6 is 0 Å². The average Bonchev–Trinajstić information content (AvgIpc) is 2.98. The van der Waals surface area contributed by atoms with Crippen LogP contribution in [0.4, 0.5) is 0 Å². The lowest BCUT2D eigenvalue weighted by Gasteiger charge is -2.21. The van der Waals surface area contributed by atoms with Gasteiger partial charge in [0, 0.05) is 6.42 Å². The van der Waals surface area contributed by atoms with Crippen LogP contribution in [0.2, 0.25) is 0 Å². The predicted octanol–water partition coefficient (Wildman–Crippen LogP) is 3.13. The molecule has 0 bridgehead atoms. The monoisotopic (exact) mass is 330 g/mol. The number of nitrogens with zero attached hydrogens (tertiary/aromatic N) is 2. The summed E-state index contributed by atoms with van der Waals surface area (Å²) in [6.45, 7) is 7.97. The Labute approximate surface area is 143 Å². The largest absolute Gasteiger partial charge is 0.497 e. The van der Waals surface area contributed by atoms with Crippen LogP contribution in [0.1, 0.15) is 56.4 Å². The molecule has 24 heavy (non-hydrogen) atoms. The van der Waals surface area contributed by atoms with Crippen molar-refractivity contribution in [2.75, 3.05) is 7.11 Å². The second-order valence-corrected chi connectivity index (χ2v) is 6.45. The van der Waals surface area contributed by atoms with Gasteiger partial charge in [0.25, 0.3) is 0 Å². The third-order valence-electron chi connectivity index (χ3n) is 4.03. The number of nitrogens with one attached hydrogen (secondary N) is 2. The fourth-order valence-corrected chi connectivity index (χ4v) is 2.60. The van der Waals surface area contributed by atoms with E-state index < -0.39 is 0 Å². The highest BCUT2D eigenvalue weighted by molar-refractivity contribution is 5.77. The summed E-state index contributed by atoms with van der Waals surface area (Å²) in [4.78, 5) is 16.8. The number of ether oxygens (including phenoxy) is 1. The number of aryl methyl sites for hydroxylation is 1. The van der Waals surface area contributed by atoms with Crippen molar-refractivity contribution in [3.05, 3.63) is 41.5 Å². The number of rotatable bonds is 7. The quantitative estimate of drug-likeness (QED) is 0.817. The van der Waals surface area contributed by atoms with E-state index in [0.717, 1.165) is 17.1 Å². The lowest BCUT2D eigenvalue weighted by Crippen LogP contribution is -2.33. The van der Waals surface area contributed by atoms with Crippen molar-refractivity contribution in [2.45, 2.75) is 46.1 Å². The number of H-pyrrole nitrogens is 1. The van der Waals surface area contributed by atoms with Gasteiger partial charge in [-0.05, 0) is 36.5 Å². The van der Waals surface area contributed by atoms with E-state index in [1.54, 1.807) is 7.11 Å². The highest BCUT2D eigenvalue weighted by Gasteiger charge is 2.23. The van der Waals surface area contributed by atoms with Crippen molar-refractivity contribution < 1.29 is 9.53 Å². The van der Waals surface area contributed by atoms with E-state index in [2.05, 4.69) is 20.5 Å². The molecule has 1 heterocycles. The summed E-state index contributed by atoms with van der Waals surface area (Å²) >= 11 is 0. The van der Waals surface area contributed by atoms with Gasteiger partial charge in [0.1, 0.15) is 11.6 Å². The van der Waals surface area contributed by atoms with Gasteiger partial charge in [-0.2, -0.15) is 5.10 Å². The Bertz CT molecular complexity index is 681. The molecule has 2 aromatic rings. The van der Waals surface area contributed by atoms with Crippen LogP contribution in [0.3, 0.4) is 0 Å². The maximum absolute atomic E-state index is 12.5. The van der Waals surface area contributed by atoms with Crippen LogP contribution in [0.15, 0.2) is 24.3 Å². The van der Waals surface area contributed by atoms with Gasteiger partial charge in [-0.15, -0.1) is 0 Å². The lowest BCUT2D eigenvalue weighted by atomic mass is 9.96. The summed E-state index contributed by atoms with van der Waals surface area (Å²) in [6, 6.07) is 7.63. The van der Waals surface area contributed by atoms with Gasteiger partial charge < -0.3 is 10.1 Å². The summed E-state index contributed by atoms with van der Waals surface area (Å²) < 4.78 is 5.25. The molecule has 0 aliphatic carbocycles. The van der Waals surface area contributed by atoms with Gasteiger partial charge in [0.2, 0.25) is 5.91 Å². The second kappa shape index (κ2) is 7.95. The number of carbonyl (C=O) groups is 1. The van der Waals surface area contributed by atoms with Crippen molar-refractivity contribution in [3.63, 3.8) is 0 Å². The first kappa shape index (κ1) is 18.0. The summed E-state index contributed by atoms with van der Waals surface area (Å²) in [5.74, 6) is 2.47. The molecule has 130 valence electrons. The van der Waals surface area contributed by atoms with E-state index >= 15 is 0 Å². The van der Waals surface area contributed by atoms with Gasteiger partial charge in [-0.1, -0.05) is 32.9 Å². The summed E-state index contributed by atoms with van der Waals surface area (Å²) in [5, 5.41) is 10.1. The number of methoxy groups -OCH3 is 1.